The largest absolute Gasteiger partial charge is 0.338 e. The topological polar surface area (TPSA) is 68.1 Å². The lowest BCUT2D eigenvalue weighted by molar-refractivity contribution is -0.135. The fourth-order valence-electron chi connectivity index (χ4n) is 3.52. The first kappa shape index (κ1) is 16.4. The van der Waals surface area contributed by atoms with Crippen LogP contribution in [0.4, 0.5) is 0 Å². The zero-order chi connectivity index (χ0) is 17.9. The number of benzene rings is 1. The van der Waals surface area contributed by atoms with Crippen molar-refractivity contribution in [1.29, 1.82) is 0 Å². The summed E-state index contributed by atoms with van der Waals surface area (Å²) in [6.07, 6.45) is 6.22. The number of pyridine rings is 1. The lowest BCUT2D eigenvalue weighted by atomic mass is 9.96. The number of amides is 1. The van der Waals surface area contributed by atoms with Gasteiger partial charge in [-0.1, -0.05) is 30.3 Å². The van der Waals surface area contributed by atoms with Crippen molar-refractivity contribution in [2.45, 2.75) is 25.9 Å². The maximum atomic E-state index is 12.6. The minimum absolute atomic E-state index is 0.123. The Morgan fingerprint density at radius 2 is 1.85 bits per heavy atom. The SMILES string of the molecule is O=C1CCC(Cn2ccc3nccnc3c2=O)CN1Cc1ccccc1. The van der Waals surface area contributed by atoms with E-state index in [1.54, 1.807) is 17.0 Å². The van der Waals surface area contributed by atoms with Crippen molar-refractivity contribution < 1.29 is 4.79 Å². The molecule has 0 spiro atoms. The van der Waals surface area contributed by atoms with Crippen LogP contribution in [0.2, 0.25) is 0 Å². The van der Waals surface area contributed by atoms with Crippen LogP contribution in [-0.4, -0.2) is 31.9 Å². The molecule has 0 bridgehead atoms. The average Bonchev–Trinajstić information content (AvgIpc) is 2.68. The molecule has 1 saturated heterocycles. The van der Waals surface area contributed by atoms with E-state index in [2.05, 4.69) is 9.97 Å². The fraction of sp³-hybridized carbons (Fsp3) is 0.300. The van der Waals surface area contributed by atoms with Crippen LogP contribution in [-0.2, 0) is 17.9 Å². The van der Waals surface area contributed by atoms with Gasteiger partial charge in [0.15, 0.2) is 5.52 Å². The summed E-state index contributed by atoms with van der Waals surface area (Å²) in [5.41, 5.74) is 2.00. The molecule has 1 fully saturated rings. The van der Waals surface area contributed by atoms with Crippen molar-refractivity contribution in [3.63, 3.8) is 0 Å². The van der Waals surface area contributed by atoms with E-state index >= 15 is 0 Å². The molecule has 1 unspecified atom stereocenters. The first-order chi connectivity index (χ1) is 12.7. The van der Waals surface area contributed by atoms with Crippen molar-refractivity contribution in [3.8, 4) is 0 Å². The van der Waals surface area contributed by atoms with Gasteiger partial charge in [-0.25, -0.2) is 4.98 Å². The van der Waals surface area contributed by atoms with E-state index in [0.29, 0.717) is 37.1 Å². The van der Waals surface area contributed by atoms with Crippen LogP contribution in [0, 0.1) is 5.92 Å². The highest BCUT2D eigenvalue weighted by atomic mass is 16.2. The van der Waals surface area contributed by atoms with Crippen molar-refractivity contribution >= 4 is 16.9 Å². The van der Waals surface area contributed by atoms with Crippen molar-refractivity contribution in [3.05, 3.63) is 70.9 Å². The Hall–Kier alpha value is -3.02. The molecule has 1 aromatic carbocycles. The molecule has 0 saturated carbocycles. The second-order valence-electron chi connectivity index (χ2n) is 6.73. The molecule has 6 nitrogen and oxygen atoms in total. The molecule has 132 valence electrons. The van der Waals surface area contributed by atoms with Crippen LogP contribution in [0.15, 0.2) is 59.8 Å². The van der Waals surface area contributed by atoms with Gasteiger partial charge in [-0.05, 0) is 24.0 Å². The molecule has 4 rings (SSSR count). The molecule has 1 aliphatic heterocycles. The van der Waals surface area contributed by atoms with Crippen LogP contribution in [0.25, 0.3) is 11.0 Å². The van der Waals surface area contributed by atoms with Gasteiger partial charge in [0, 0.05) is 44.6 Å². The summed E-state index contributed by atoms with van der Waals surface area (Å²) >= 11 is 0. The highest BCUT2D eigenvalue weighted by Gasteiger charge is 2.26. The molecule has 6 heteroatoms. The normalized spacial score (nSPS) is 17.6. The molecule has 2 aromatic heterocycles. The Bertz CT molecular complexity index is 984. The highest BCUT2D eigenvalue weighted by Crippen LogP contribution is 2.21. The number of carbonyl (C=O) groups is 1. The highest BCUT2D eigenvalue weighted by molar-refractivity contribution is 5.77. The maximum absolute atomic E-state index is 12.6. The number of nitrogens with zero attached hydrogens (tertiary/aromatic N) is 4. The first-order valence-electron chi connectivity index (χ1n) is 8.82. The zero-order valence-corrected chi connectivity index (χ0v) is 14.4. The van der Waals surface area contributed by atoms with Gasteiger partial charge < -0.3 is 9.47 Å². The number of carbonyl (C=O) groups excluding carboxylic acids is 1. The standard InChI is InChI=1S/C20H20N4O2/c25-18-7-6-16(14-24(18)12-15-4-2-1-3-5-15)13-23-11-8-17-19(20(23)26)22-10-9-21-17/h1-5,8-11,16H,6-7,12-14H2. The molecule has 1 amide bonds. The summed E-state index contributed by atoms with van der Waals surface area (Å²) in [5.74, 6) is 0.435. The smallest absolute Gasteiger partial charge is 0.278 e. The van der Waals surface area contributed by atoms with Gasteiger partial charge >= 0.3 is 0 Å². The van der Waals surface area contributed by atoms with Gasteiger partial charge in [0.2, 0.25) is 5.91 Å². The number of aromatic nitrogens is 3. The first-order valence-corrected chi connectivity index (χ1v) is 8.82. The average molecular weight is 348 g/mol. The third-order valence-electron chi connectivity index (χ3n) is 4.87. The van der Waals surface area contributed by atoms with Gasteiger partial charge in [0.05, 0.1) is 5.52 Å². The van der Waals surface area contributed by atoms with E-state index in [4.69, 9.17) is 0 Å². The van der Waals surface area contributed by atoms with Gasteiger partial charge in [0.1, 0.15) is 0 Å². The van der Waals surface area contributed by atoms with Crippen LogP contribution < -0.4 is 5.56 Å². The predicted molar refractivity (Wildman–Crippen MR) is 98.4 cm³/mol. The van der Waals surface area contributed by atoms with Crippen molar-refractivity contribution in [2.75, 3.05) is 6.54 Å². The zero-order valence-electron chi connectivity index (χ0n) is 14.4. The van der Waals surface area contributed by atoms with Gasteiger partial charge in [-0.15, -0.1) is 0 Å². The molecule has 1 atom stereocenters. The quantitative estimate of drug-likeness (QED) is 0.725. The monoisotopic (exact) mass is 348 g/mol. The molecule has 26 heavy (non-hydrogen) atoms. The number of hydrogen-bond donors (Lipinski definition) is 0. The van der Waals surface area contributed by atoms with Gasteiger partial charge in [-0.3, -0.25) is 14.6 Å². The number of fused-ring (bicyclic) bond motifs is 1. The minimum atomic E-state index is -0.123. The second kappa shape index (κ2) is 7.07. The summed E-state index contributed by atoms with van der Waals surface area (Å²) in [6, 6.07) is 11.8. The molecular weight excluding hydrogens is 328 g/mol. The maximum Gasteiger partial charge on any atom is 0.278 e. The molecule has 0 aliphatic carbocycles. The van der Waals surface area contributed by atoms with E-state index in [0.717, 1.165) is 12.0 Å². The molecular formula is C20H20N4O2. The van der Waals surface area contributed by atoms with E-state index in [1.807, 2.05) is 41.3 Å². The Kier molecular flexibility index (Phi) is 4.48. The summed E-state index contributed by atoms with van der Waals surface area (Å²) in [4.78, 5) is 35.1. The van der Waals surface area contributed by atoms with Crippen LogP contribution in [0.5, 0.6) is 0 Å². The van der Waals surface area contributed by atoms with Crippen LogP contribution in [0.1, 0.15) is 18.4 Å². The van der Waals surface area contributed by atoms with Crippen molar-refractivity contribution in [1.82, 2.24) is 19.4 Å². The van der Waals surface area contributed by atoms with E-state index in [-0.39, 0.29) is 17.4 Å². The van der Waals surface area contributed by atoms with Crippen molar-refractivity contribution in [2.24, 2.45) is 5.92 Å². The Balaban J connectivity index is 1.51. The Morgan fingerprint density at radius 3 is 2.69 bits per heavy atom. The lowest BCUT2D eigenvalue weighted by Crippen LogP contribution is -2.41. The molecule has 1 aliphatic rings. The van der Waals surface area contributed by atoms with E-state index < -0.39 is 0 Å². The molecule has 0 N–H and O–H groups in total. The van der Waals surface area contributed by atoms with Gasteiger partial charge in [0.25, 0.3) is 5.56 Å². The summed E-state index contributed by atoms with van der Waals surface area (Å²) < 4.78 is 1.69. The summed E-state index contributed by atoms with van der Waals surface area (Å²) in [5, 5.41) is 0. The number of likely N-dealkylation sites (tertiary alicyclic amines) is 1. The molecule has 3 heterocycles. The second-order valence-corrected chi connectivity index (χ2v) is 6.73. The third kappa shape index (κ3) is 3.35. The van der Waals surface area contributed by atoms with Gasteiger partial charge in [-0.2, -0.15) is 0 Å². The number of piperidine rings is 1. The minimum Gasteiger partial charge on any atom is -0.338 e. The Labute approximate surface area is 151 Å². The Morgan fingerprint density at radius 1 is 1.04 bits per heavy atom. The van der Waals surface area contributed by atoms with Crippen LogP contribution in [0.3, 0.4) is 0 Å². The predicted octanol–water partition coefficient (Wildman–Crippen LogP) is 2.23. The number of rotatable bonds is 4. The summed E-state index contributed by atoms with van der Waals surface area (Å²) in [7, 11) is 0. The molecule has 0 radical (unpaired) electrons. The summed E-state index contributed by atoms with van der Waals surface area (Å²) in [6.45, 7) is 1.87. The van der Waals surface area contributed by atoms with E-state index in [9.17, 15) is 9.59 Å². The number of hydrogen-bond acceptors (Lipinski definition) is 4. The van der Waals surface area contributed by atoms with Crippen LogP contribution >= 0.6 is 0 Å². The third-order valence-corrected chi connectivity index (χ3v) is 4.87. The lowest BCUT2D eigenvalue weighted by Gasteiger charge is -2.33. The van der Waals surface area contributed by atoms with E-state index in [1.165, 1.54) is 6.20 Å². The molecule has 3 aromatic rings. The fourth-order valence-corrected chi connectivity index (χ4v) is 3.52.